The summed E-state index contributed by atoms with van der Waals surface area (Å²) in [4.78, 5) is 21.6. The number of cyclic esters (lactones) is 1. The third-order valence-electron chi connectivity index (χ3n) is 1.27. The van der Waals surface area contributed by atoms with Gasteiger partial charge in [0.1, 0.15) is 6.61 Å². The zero-order valence-electron chi connectivity index (χ0n) is 7.49. The molecule has 0 saturated carbocycles. The van der Waals surface area contributed by atoms with Gasteiger partial charge in [-0.05, 0) is 13.8 Å². The van der Waals surface area contributed by atoms with Crippen LogP contribution in [0.3, 0.4) is 0 Å². The van der Waals surface area contributed by atoms with Gasteiger partial charge in [0.05, 0.1) is 6.08 Å². The summed E-state index contributed by atoms with van der Waals surface area (Å²) >= 11 is 0. The standard InChI is InChI=1S/C9H10O4/c1-6(2)3-9(11)13-7-4-8(10)12-5-7/h3-4H,5H2,1-2H3. The van der Waals surface area contributed by atoms with E-state index in [2.05, 4.69) is 4.74 Å². The summed E-state index contributed by atoms with van der Waals surface area (Å²) in [5.74, 6) is -0.697. The van der Waals surface area contributed by atoms with E-state index < -0.39 is 11.9 Å². The molecule has 0 radical (unpaired) electrons. The van der Waals surface area contributed by atoms with Crippen molar-refractivity contribution in [1.29, 1.82) is 0 Å². The largest absolute Gasteiger partial charge is 0.454 e. The van der Waals surface area contributed by atoms with Crippen LogP contribution in [0, 0.1) is 0 Å². The van der Waals surface area contributed by atoms with E-state index in [-0.39, 0.29) is 12.4 Å². The number of allylic oxidation sites excluding steroid dienone is 1. The van der Waals surface area contributed by atoms with Gasteiger partial charge in [0.2, 0.25) is 0 Å². The predicted molar refractivity (Wildman–Crippen MR) is 44.6 cm³/mol. The molecule has 0 aromatic rings. The maximum absolute atomic E-state index is 11.0. The molecule has 0 bridgehead atoms. The molecule has 70 valence electrons. The van der Waals surface area contributed by atoms with Crippen LogP contribution < -0.4 is 0 Å². The van der Waals surface area contributed by atoms with E-state index in [0.717, 1.165) is 11.6 Å². The van der Waals surface area contributed by atoms with Crippen molar-refractivity contribution >= 4 is 11.9 Å². The van der Waals surface area contributed by atoms with E-state index in [9.17, 15) is 9.59 Å². The van der Waals surface area contributed by atoms with Crippen molar-refractivity contribution < 1.29 is 19.1 Å². The minimum atomic E-state index is -0.482. The normalized spacial score (nSPS) is 14.6. The van der Waals surface area contributed by atoms with Gasteiger partial charge in [-0.15, -0.1) is 0 Å². The highest BCUT2D eigenvalue weighted by atomic mass is 16.6. The quantitative estimate of drug-likeness (QED) is 0.471. The van der Waals surface area contributed by atoms with E-state index >= 15 is 0 Å². The highest BCUT2D eigenvalue weighted by molar-refractivity contribution is 5.87. The molecule has 0 fully saturated rings. The van der Waals surface area contributed by atoms with E-state index in [1.54, 1.807) is 13.8 Å². The summed E-state index contributed by atoms with van der Waals surface area (Å²) in [6.45, 7) is 3.61. The van der Waals surface area contributed by atoms with Crippen molar-refractivity contribution in [1.82, 2.24) is 0 Å². The van der Waals surface area contributed by atoms with E-state index in [1.165, 1.54) is 6.08 Å². The molecule has 1 heterocycles. The molecule has 0 amide bonds. The molecule has 13 heavy (non-hydrogen) atoms. The van der Waals surface area contributed by atoms with Gasteiger partial charge < -0.3 is 9.47 Å². The fourth-order valence-corrected chi connectivity index (χ4v) is 0.810. The number of hydrogen-bond donors (Lipinski definition) is 0. The Morgan fingerprint density at radius 1 is 1.62 bits per heavy atom. The zero-order valence-corrected chi connectivity index (χ0v) is 7.49. The average molecular weight is 182 g/mol. The zero-order chi connectivity index (χ0) is 9.84. The first-order valence-electron chi connectivity index (χ1n) is 3.82. The summed E-state index contributed by atoms with van der Waals surface area (Å²) < 4.78 is 9.33. The molecule has 0 aromatic carbocycles. The van der Waals surface area contributed by atoms with Crippen LogP contribution in [0.15, 0.2) is 23.5 Å². The fourth-order valence-electron chi connectivity index (χ4n) is 0.810. The molecular weight excluding hydrogens is 172 g/mol. The first kappa shape index (κ1) is 9.51. The summed E-state index contributed by atoms with van der Waals surface area (Å²) in [7, 11) is 0. The van der Waals surface area contributed by atoms with Crippen LogP contribution in [-0.4, -0.2) is 18.5 Å². The summed E-state index contributed by atoms with van der Waals surface area (Å²) in [6.07, 6.45) is 2.51. The molecule has 0 aliphatic carbocycles. The van der Waals surface area contributed by atoms with Crippen molar-refractivity contribution in [2.24, 2.45) is 0 Å². The van der Waals surface area contributed by atoms with Crippen LogP contribution in [0.4, 0.5) is 0 Å². The molecule has 0 unspecified atom stereocenters. The lowest BCUT2D eigenvalue weighted by Crippen LogP contribution is -2.02. The molecule has 4 heteroatoms. The van der Waals surface area contributed by atoms with Gasteiger partial charge in [0, 0.05) is 6.08 Å². The van der Waals surface area contributed by atoms with Gasteiger partial charge in [-0.1, -0.05) is 5.57 Å². The number of ether oxygens (including phenoxy) is 2. The molecule has 0 N–H and O–H groups in total. The van der Waals surface area contributed by atoms with Crippen LogP contribution >= 0.6 is 0 Å². The van der Waals surface area contributed by atoms with Crippen LogP contribution in [-0.2, 0) is 19.1 Å². The number of carbonyl (C=O) groups excluding carboxylic acids is 2. The topological polar surface area (TPSA) is 52.6 Å². The smallest absolute Gasteiger partial charge is 0.335 e. The SMILES string of the molecule is CC(C)=CC(=O)OC1=CC(=O)OC1. The Bertz CT molecular complexity index is 295. The fraction of sp³-hybridized carbons (Fsp3) is 0.333. The van der Waals surface area contributed by atoms with Crippen LogP contribution in [0.2, 0.25) is 0 Å². The second-order valence-electron chi connectivity index (χ2n) is 2.86. The predicted octanol–water partition coefficient (Wildman–Crippen LogP) is 0.936. The van der Waals surface area contributed by atoms with Gasteiger partial charge in [-0.25, -0.2) is 9.59 Å². The van der Waals surface area contributed by atoms with E-state index in [1.807, 2.05) is 0 Å². The Morgan fingerprint density at radius 3 is 2.77 bits per heavy atom. The van der Waals surface area contributed by atoms with E-state index in [4.69, 9.17) is 4.74 Å². The second kappa shape index (κ2) is 3.89. The van der Waals surface area contributed by atoms with Gasteiger partial charge in [-0.3, -0.25) is 0 Å². The molecule has 1 rings (SSSR count). The van der Waals surface area contributed by atoms with Crippen molar-refractivity contribution in [3.8, 4) is 0 Å². The molecular formula is C9H10O4. The van der Waals surface area contributed by atoms with E-state index in [0.29, 0.717) is 0 Å². The maximum atomic E-state index is 11.0. The second-order valence-corrected chi connectivity index (χ2v) is 2.86. The first-order valence-corrected chi connectivity index (χ1v) is 3.82. The Balaban J connectivity index is 2.51. The number of hydrogen-bond acceptors (Lipinski definition) is 4. The van der Waals surface area contributed by atoms with Crippen LogP contribution in [0.5, 0.6) is 0 Å². The summed E-state index contributed by atoms with van der Waals surface area (Å²) in [5, 5.41) is 0. The Kier molecular flexibility index (Phi) is 2.84. The Labute approximate surface area is 75.8 Å². The van der Waals surface area contributed by atoms with Crippen molar-refractivity contribution in [3.05, 3.63) is 23.5 Å². The molecule has 0 atom stereocenters. The molecule has 1 aliphatic rings. The van der Waals surface area contributed by atoms with Crippen molar-refractivity contribution in [2.45, 2.75) is 13.8 Å². The van der Waals surface area contributed by atoms with Gasteiger partial charge in [0.25, 0.3) is 0 Å². The first-order chi connectivity index (χ1) is 6.08. The van der Waals surface area contributed by atoms with Crippen molar-refractivity contribution in [2.75, 3.05) is 6.61 Å². The molecule has 0 aromatic heterocycles. The van der Waals surface area contributed by atoms with Crippen LogP contribution in [0.1, 0.15) is 13.8 Å². The van der Waals surface area contributed by atoms with Crippen molar-refractivity contribution in [3.63, 3.8) is 0 Å². The Hall–Kier alpha value is -1.58. The molecule has 0 saturated heterocycles. The van der Waals surface area contributed by atoms with Crippen LogP contribution in [0.25, 0.3) is 0 Å². The summed E-state index contributed by atoms with van der Waals surface area (Å²) in [5.41, 5.74) is 0.843. The number of carbonyl (C=O) groups is 2. The third kappa shape index (κ3) is 3.11. The molecule has 4 nitrogen and oxygen atoms in total. The Morgan fingerprint density at radius 2 is 2.31 bits per heavy atom. The van der Waals surface area contributed by atoms with Gasteiger partial charge >= 0.3 is 11.9 Å². The average Bonchev–Trinajstić information content (AvgIpc) is 2.33. The molecule has 1 aliphatic heterocycles. The highest BCUT2D eigenvalue weighted by Crippen LogP contribution is 2.08. The monoisotopic (exact) mass is 182 g/mol. The molecule has 0 spiro atoms. The highest BCUT2D eigenvalue weighted by Gasteiger charge is 2.15. The van der Waals surface area contributed by atoms with Gasteiger partial charge in [-0.2, -0.15) is 0 Å². The minimum Gasteiger partial charge on any atom is -0.454 e. The minimum absolute atomic E-state index is 0.0428. The third-order valence-corrected chi connectivity index (χ3v) is 1.27. The number of esters is 2. The number of rotatable bonds is 2. The lowest BCUT2D eigenvalue weighted by atomic mass is 10.3. The lowest BCUT2D eigenvalue weighted by molar-refractivity contribution is -0.138. The summed E-state index contributed by atoms with van der Waals surface area (Å²) in [6, 6.07) is 0. The maximum Gasteiger partial charge on any atom is 0.335 e. The lowest BCUT2D eigenvalue weighted by Gasteiger charge is -1.99. The van der Waals surface area contributed by atoms with Gasteiger partial charge in [0.15, 0.2) is 5.76 Å².